The predicted octanol–water partition coefficient (Wildman–Crippen LogP) is -0.823. The van der Waals surface area contributed by atoms with Crippen LogP contribution in [0.5, 0.6) is 5.75 Å². The highest BCUT2D eigenvalue weighted by molar-refractivity contribution is 6.07. The van der Waals surface area contributed by atoms with Gasteiger partial charge in [0.25, 0.3) is 24.8 Å². The molecule has 5 rings (SSSR count). The Labute approximate surface area is 432 Å². The number of carbonyl (C=O) groups is 8. The molecule has 75 heavy (non-hydrogen) atoms. The van der Waals surface area contributed by atoms with Crippen LogP contribution in [0.4, 0.5) is 4.39 Å². The molecule has 26 heteroatoms. The van der Waals surface area contributed by atoms with Gasteiger partial charge in [-0.2, -0.15) is 9.65 Å². The highest BCUT2D eigenvalue weighted by atomic mass is 19.1. The molecule has 0 bridgehead atoms. The summed E-state index contributed by atoms with van der Waals surface area (Å²) in [5.41, 5.74) is 0.994. The van der Waals surface area contributed by atoms with Crippen molar-refractivity contribution in [1.82, 2.24) is 55.7 Å². The summed E-state index contributed by atoms with van der Waals surface area (Å²) in [6, 6.07) is 9.59. The molecule has 2 fully saturated rings. The monoisotopic (exact) mass is 1050 g/mol. The minimum atomic E-state index is -1.04. The molecule has 0 radical (unpaired) electrons. The van der Waals surface area contributed by atoms with Crippen LogP contribution in [-0.2, 0) is 43.0 Å². The van der Waals surface area contributed by atoms with Gasteiger partial charge in [0.15, 0.2) is 0 Å². The second-order valence-electron chi connectivity index (χ2n) is 17.6. The van der Waals surface area contributed by atoms with Gasteiger partial charge in [0.2, 0.25) is 23.7 Å². The van der Waals surface area contributed by atoms with Crippen LogP contribution in [0.2, 0.25) is 0 Å². The maximum Gasteiger partial charge on any atom is 0.317 e. The summed E-state index contributed by atoms with van der Waals surface area (Å²) >= 11 is 0. The number of rotatable bonds is 28. The number of nitrogens with one attached hydrogen (secondary N) is 4. The van der Waals surface area contributed by atoms with Crippen LogP contribution in [0.15, 0.2) is 48.8 Å². The summed E-state index contributed by atoms with van der Waals surface area (Å²) in [4.78, 5) is 116. The number of unbranched alkanes of at least 4 members (excludes halogenated alkanes) is 1. The number of aliphatic carboxylic acids is 1. The number of benzene rings is 1. The van der Waals surface area contributed by atoms with E-state index in [2.05, 4.69) is 37.3 Å². The first-order chi connectivity index (χ1) is 36.4. The van der Waals surface area contributed by atoms with Gasteiger partial charge >= 0.3 is 5.97 Å². The molecule has 5 amide bonds. The minimum Gasteiger partial charge on any atom is -0.491 e. The molecule has 25 nitrogen and oxygen atoms in total. The summed E-state index contributed by atoms with van der Waals surface area (Å²) in [7, 11) is 0. The van der Waals surface area contributed by atoms with Gasteiger partial charge in [-0.15, -0.1) is 0 Å². The number of pyridine rings is 2. The molecule has 1 aromatic carbocycles. The molecule has 2 saturated heterocycles. The SMILES string of the molecule is N#C[C@@H]1CCCN1C(=O)CNC(=O)c1ccnc2ccc(OCCOCCNC(=O)[C@H](CCCCNC(=O)c3ccc(F)nc3)NC(=O)CN3CCN(COC=O)CCN(COC=O)CCN(CC(=O)O)CC3)cc12. The molecule has 2 aromatic heterocycles. The van der Waals surface area contributed by atoms with E-state index in [0.29, 0.717) is 94.7 Å². The Bertz CT molecular complexity index is 2420. The molecule has 0 unspecified atom stereocenters. The first kappa shape index (κ1) is 58.4. The predicted molar refractivity (Wildman–Crippen MR) is 264 cm³/mol. The van der Waals surface area contributed by atoms with Crippen LogP contribution in [0, 0.1) is 17.3 Å². The molecule has 2 aliphatic rings. The molecule has 3 aromatic rings. The van der Waals surface area contributed by atoms with E-state index in [1.54, 1.807) is 23.1 Å². The van der Waals surface area contributed by atoms with Crippen molar-refractivity contribution in [3.05, 3.63) is 65.9 Å². The summed E-state index contributed by atoms with van der Waals surface area (Å²) in [5, 5.41) is 30.5. The normalized spacial score (nSPS) is 16.5. The van der Waals surface area contributed by atoms with Crippen molar-refractivity contribution >= 4 is 59.4 Å². The Kier molecular flexibility index (Phi) is 24.9. The number of hydrogen-bond donors (Lipinski definition) is 5. The third kappa shape index (κ3) is 20.4. The van der Waals surface area contributed by atoms with Gasteiger partial charge < -0.3 is 50.2 Å². The fraction of sp³-hybridized carbons (Fsp3) is 0.531. The Morgan fingerprint density at radius 2 is 1.48 bits per heavy atom. The fourth-order valence-corrected chi connectivity index (χ4v) is 8.27. The number of ether oxygens (including phenoxy) is 4. The Hall–Kier alpha value is -7.44. The van der Waals surface area contributed by atoms with Crippen molar-refractivity contribution in [3.63, 3.8) is 0 Å². The molecule has 4 heterocycles. The van der Waals surface area contributed by atoms with Crippen LogP contribution in [0.25, 0.3) is 10.9 Å². The van der Waals surface area contributed by atoms with Crippen molar-refractivity contribution < 1.29 is 66.8 Å². The Morgan fingerprint density at radius 1 is 0.787 bits per heavy atom. The number of halogens is 1. The number of likely N-dealkylation sites (tertiary alicyclic amines) is 1. The Morgan fingerprint density at radius 3 is 2.13 bits per heavy atom. The number of carboxylic acids is 1. The average molecular weight is 1050 g/mol. The second-order valence-corrected chi connectivity index (χ2v) is 17.6. The van der Waals surface area contributed by atoms with E-state index in [1.165, 1.54) is 23.2 Å². The molecular formula is C49H65FN12O13. The lowest BCUT2D eigenvalue weighted by atomic mass is 10.1. The summed E-state index contributed by atoms with van der Waals surface area (Å²) in [6.45, 7) is 3.60. The lowest BCUT2D eigenvalue weighted by Crippen LogP contribution is -2.52. The van der Waals surface area contributed by atoms with E-state index in [4.69, 9.17) is 18.9 Å². The molecular weight excluding hydrogens is 984 g/mol. The van der Waals surface area contributed by atoms with Crippen molar-refractivity contribution in [3.8, 4) is 11.8 Å². The average Bonchev–Trinajstić information content (AvgIpc) is 3.89. The third-order valence-electron chi connectivity index (χ3n) is 12.3. The number of hydrogen-bond acceptors (Lipinski definition) is 19. The van der Waals surface area contributed by atoms with Crippen LogP contribution in [-0.4, -0.2) is 225 Å². The van der Waals surface area contributed by atoms with Crippen LogP contribution in [0.1, 0.15) is 52.8 Å². The number of fused-ring (bicyclic) bond motifs is 1. The van der Waals surface area contributed by atoms with Gasteiger partial charge in [0.05, 0.1) is 55.6 Å². The van der Waals surface area contributed by atoms with E-state index in [-0.39, 0.29) is 103 Å². The quantitative estimate of drug-likeness (QED) is 0.0337. The number of aromatic nitrogens is 2. The largest absolute Gasteiger partial charge is 0.491 e. The van der Waals surface area contributed by atoms with Crippen LogP contribution < -0.4 is 26.0 Å². The van der Waals surface area contributed by atoms with Gasteiger partial charge in [-0.1, -0.05) is 0 Å². The van der Waals surface area contributed by atoms with Crippen molar-refractivity contribution in [2.45, 2.75) is 44.2 Å². The molecule has 0 saturated carbocycles. The van der Waals surface area contributed by atoms with Gasteiger partial charge in [-0.05, 0) is 68.5 Å². The van der Waals surface area contributed by atoms with E-state index in [0.717, 1.165) is 18.7 Å². The van der Waals surface area contributed by atoms with Gasteiger partial charge in [-0.3, -0.25) is 62.9 Å². The topological polar surface area (TPSA) is 308 Å². The second kappa shape index (κ2) is 32.0. The number of nitriles is 1. The molecule has 0 aliphatic carbocycles. The van der Waals surface area contributed by atoms with E-state index < -0.39 is 47.6 Å². The molecule has 0 spiro atoms. The molecule has 2 atom stereocenters. The highest BCUT2D eigenvalue weighted by Gasteiger charge is 2.29. The summed E-state index contributed by atoms with van der Waals surface area (Å²) in [5.74, 6) is -3.57. The van der Waals surface area contributed by atoms with E-state index in [1.807, 2.05) is 14.7 Å². The zero-order valence-corrected chi connectivity index (χ0v) is 41.7. The van der Waals surface area contributed by atoms with E-state index >= 15 is 0 Å². The van der Waals surface area contributed by atoms with Gasteiger partial charge in [0, 0.05) is 89.8 Å². The maximum absolute atomic E-state index is 13.8. The lowest BCUT2D eigenvalue weighted by molar-refractivity contribution is -0.139. The lowest BCUT2D eigenvalue weighted by Gasteiger charge is -2.33. The minimum absolute atomic E-state index is 0.0186. The summed E-state index contributed by atoms with van der Waals surface area (Å²) in [6.07, 6.45) is 4.96. The Balaban J connectivity index is 1.14. The number of nitrogens with zero attached hydrogens (tertiary/aromatic N) is 8. The molecule has 2 aliphatic heterocycles. The van der Waals surface area contributed by atoms with Crippen LogP contribution >= 0.6 is 0 Å². The third-order valence-corrected chi connectivity index (χ3v) is 12.3. The van der Waals surface area contributed by atoms with Crippen LogP contribution in [0.3, 0.4) is 0 Å². The maximum atomic E-state index is 13.8. The highest BCUT2D eigenvalue weighted by Crippen LogP contribution is 2.23. The zero-order chi connectivity index (χ0) is 53.8. The first-order valence-electron chi connectivity index (χ1n) is 24.6. The van der Waals surface area contributed by atoms with E-state index in [9.17, 15) is 53.1 Å². The number of carbonyl (C=O) groups excluding carboxylic acids is 7. The van der Waals surface area contributed by atoms with Gasteiger partial charge in [0.1, 0.15) is 37.9 Å². The number of carboxylic acid groups (broad SMARTS) is 1. The van der Waals surface area contributed by atoms with Crippen molar-refractivity contribution in [2.75, 3.05) is 125 Å². The van der Waals surface area contributed by atoms with Gasteiger partial charge in [-0.25, -0.2) is 4.98 Å². The molecule has 5 N–H and O–H groups in total. The first-order valence-corrected chi connectivity index (χ1v) is 24.6. The molecule has 406 valence electrons. The standard InChI is InChI=1S/C49H65FN12O13/c50-43-9-6-36(28-55-43)47(69)53-11-2-1-5-42(57-44(65)30-58-15-16-59(31-46(67)68)18-20-61(33-74-35-64)22-21-60(19-17-58)32-73-34-63)49(71)54-13-23-72-24-25-75-38-7-8-41-40(26-38)39(10-12-52-41)48(70)56-29-45(66)62-14-3-4-37(62)27-51/h6-10,12,26,28,34-35,37,42H,1-5,11,13-25,29-33H2,(H,53,69)(H,54,71)(H,56,70)(H,57,65)(H,67,68)/t37-,42-/m0/s1. The van der Waals surface area contributed by atoms with Crippen molar-refractivity contribution in [2.24, 2.45) is 0 Å². The number of amides is 5. The zero-order valence-electron chi connectivity index (χ0n) is 41.7. The smallest absolute Gasteiger partial charge is 0.317 e. The van der Waals surface area contributed by atoms with Crippen molar-refractivity contribution in [1.29, 1.82) is 5.26 Å². The fourth-order valence-electron chi connectivity index (χ4n) is 8.27. The summed E-state index contributed by atoms with van der Waals surface area (Å²) < 4.78 is 34.9.